The summed E-state index contributed by atoms with van der Waals surface area (Å²) in [6, 6.07) is 5.46. The summed E-state index contributed by atoms with van der Waals surface area (Å²) in [6.45, 7) is 5.21. The number of aliphatic hydroxyl groups excluding tert-OH is 1. The number of carbonyl (C=O) groups excluding carboxylic acids is 3. The van der Waals surface area contributed by atoms with Gasteiger partial charge in [-0.3, -0.25) is 14.4 Å². The standard InChI is InChI=1S/C23H30N2O6/c1-5-31-23(29)18-13(2)6-11-17-19(18)22(28)25(14(3)12-26)20(17)21(27)24-15-7-9-16(30-4)10-8-15/h6-11,13-14,17-20,26H,5,12H2,1-4H3,(H,24,27)/t13-,14-,17+,18-,19+,20+/m1/s1. The summed E-state index contributed by atoms with van der Waals surface area (Å²) < 4.78 is 10.4. The van der Waals surface area contributed by atoms with Crippen molar-refractivity contribution in [3.8, 4) is 5.75 Å². The Kier molecular flexibility index (Phi) is 7.00. The Hall–Kier alpha value is -2.87. The molecule has 168 valence electrons. The van der Waals surface area contributed by atoms with Gasteiger partial charge < -0.3 is 24.8 Å². The molecule has 0 spiro atoms. The average Bonchev–Trinajstić information content (AvgIpc) is 3.06. The predicted molar refractivity (Wildman–Crippen MR) is 114 cm³/mol. The molecule has 31 heavy (non-hydrogen) atoms. The Labute approximate surface area is 182 Å². The Morgan fingerprint density at radius 1 is 1.23 bits per heavy atom. The van der Waals surface area contributed by atoms with Crippen molar-refractivity contribution < 1.29 is 29.0 Å². The van der Waals surface area contributed by atoms with Crippen molar-refractivity contribution in [2.24, 2.45) is 23.7 Å². The maximum atomic E-state index is 13.4. The van der Waals surface area contributed by atoms with Crippen LogP contribution in [0.2, 0.25) is 0 Å². The number of carbonyl (C=O) groups is 3. The van der Waals surface area contributed by atoms with E-state index in [0.717, 1.165) is 0 Å². The van der Waals surface area contributed by atoms with Crippen molar-refractivity contribution in [2.75, 3.05) is 25.6 Å². The zero-order valence-electron chi connectivity index (χ0n) is 18.3. The lowest BCUT2D eigenvalue weighted by Gasteiger charge is -2.32. The van der Waals surface area contributed by atoms with E-state index in [0.29, 0.717) is 11.4 Å². The molecule has 2 N–H and O–H groups in total. The number of anilines is 1. The number of nitrogens with one attached hydrogen (secondary N) is 1. The van der Waals surface area contributed by atoms with Crippen LogP contribution >= 0.6 is 0 Å². The third-order valence-electron chi connectivity index (χ3n) is 6.13. The summed E-state index contributed by atoms with van der Waals surface area (Å²) in [5, 5.41) is 12.6. The molecule has 0 aromatic heterocycles. The van der Waals surface area contributed by atoms with Crippen LogP contribution in [0.4, 0.5) is 5.69 Å². The fourth-order valence-corrected chi connectivity index (χ4v) is 4.59. The van der Waals surface area contributed by atoms with Gasteiger partial charge in [-0.05, 0) is 44.0 Å². The molecule has 0 radical (unpaired) electrons. The minimum atomic E-state index is -0.845. The SMILES string of the molecule is CCOC(=O)[C@H]1[C@H]2C(=O)N([C@H](C)CO)[C@H](C(=O)Nc3ccc(OC)cc3)[C@H]2C=C[C@H]1C. The van der Waals surface area contributed by atoms with Crippen LogP contribution in [0.25, 0.3) is 0 Å². The summed E-state index contributed by atoms with van der Waals surface area (Å²) in [5.74, 6) is -2.52. The molecule has 2 amide bonds. The number of hydrogen-bond acceptors (Lipinski definition) is 6. The molecule has 8 nitrogen and oxygen atoms in total. The predicted octanol–water partition coefficient (Wildman–Crippen LogP) is 1.84. The van der Waals surface area contributed by atoms with Crippen molar-refractivity contribution in [3.63, 3.8) is 0 Å². The van der Waals surface area contributed by atoms with Gasteiger partial charge in [0.15, 0.2) is 0 Å². The Morgan fingerprint density at radius 2 is 1.90 bits per heavy atom. The topological polar surface area (TPSA) is 105 Å². The Bertz CT molecular complexity index is 852. The molecule has 0 saturated carbocycles. The fraction of sp³-hybridized carbons (Fsp3) is 0.522. The minimum Gasteiger partial charge on any atom is -0.497 e. The number of likely N-dealkylation sites (tertiary alicyclic amines) is 1. The van der Waals surface area contributed by atoms with Crippen LogP contribution in [0.5, 0.6) is 5.75 Å². The highest BCUT2D eigenvalue weighted by Crippen LogP contribution is 2.45. The number of allylic oxidation sites excluding steroid dienone is 1. The van der Waals surface area contributed by atoms with E-state index in [1.165, 1.54) is 4.90 Å². The number of hydrogen-bond donors (Lipinski definition) is 2. The minimum absolute atomic E-state index is 0.195. The summed E-state index contributed by atoms with van der Waals surface area (Å²) >= 11 is 0. The van der Waals surface area contributed by atoms with Crippen LogP contribution in [0.1, 0.15) is 20.8 Å². The lowest BCUT2D eigenvalue weighted by molar-refractivity contribution is -0.155. The van der Waals surface area contributed by atoms with E-state index < -0.39 is 35.8 Å². The molecule has 3 rings (SSSR count). The van der Waals surface area contributed by atoms with Gasteiger partial charge in [-0.1, -0.05) is 19.1 Å². The maximum Gasteiger partial charge on any atom is 0.310 e. The van der Waals surface area contributed by atoms with Crippen LogP contribution in [0, 0.1) is 23.7 Å². The normalized spacial score (nSPS) is 28.1. The molecular weight excluding hydrogens is 400 g/mol. The van der Waals surface area contributed by atoms with Gasteiger partial charge in [0.1, 0.15) is 11.8 Å². The fourth-order valence-electron chi connectivity index (χ4n) is 4.59. The second-order valence-corrected chi connectivity index (χ2v) is 8.06. The van der Waals surface area contributed by atoms with Crippen molar-refractivity contribution >= 4 is 23.5 Å². The van der Waals surface area contributed by atoms with Gasteiger partial charge in [0.25, 0.3) is 0 Å². The van der Waals surface area contributed by atoms with Crippen LogP contribution in [0.3, 0.4) is 0 Å². The largest absolute Gasteiger partial charge is 0.497 e. The summed E-state index contributed by atoms with van der Waals surface area (Å²) in [7, 11) is 1.56. The summed E-state index contributed by atoms with van der Waals surface area (Å²) in [5.41, 5.74) is 0.563. The molecule has 1 heterocycles. The van der Waals surface area contributed by atoms with Crippen LogP contribution < -0.4 is 10.1 Å². The van der Waals surface area contributed by atoms with Gasteiger partial charge in [-0.25, -0.2) is 0 Å². The Morgan fingerprint density at radius 3 is 2.48 bits per heavy atom. The molecule has 6 atom stereocenters. The maximum absolute atomic E-state index is 13.4. The van der Waals surface area contributed by atoms with Crippen LogP contribution in [-0.2, 0) is 19.1 Å². The Balaban J connectivity index is 1.94. The third-order valence-corrected chi connectivity index (χ3v) is 6.13. The second kappa shape index (κ2) is 9.51. The highest BCUT2D eigenvalue weighted by Gasteiger charge is 2.58. The number of ether oxygens (including phenoxy) is 2. The number of amides is 2. The molecule has 1 fully saturated rings. The first-order chi connectivity index (χ1) is 14.8. The number of aliphatic hydroxyl groups is 1. The number of fused-ring (bicyclic) bond motifs is 1. The van der Waals surface area contributed by atoms with E-state index in [2.05, 4.69) is 5.32 Å². The summed E-state index contributed by atoms with van der Waals surface area (Å²) in [4.78, 5) is 40.8. The van der Waals surface area contributed by atoms with Gasteiger partial charge in [-0.15, -0.1) is 0 Å². The van der Waals surface area contributed by atoms with E-state index in [1.54, 1.807) is 45.2 Å². The van der Waals surface area contributed by atoms with E-state index in [4.69, 9.17) is 9.47 Å². The molecule has 8 heteroatoms. The van der Waals surface area contributed by atoms with Crippen LogP contribution in [0.15, 0.2) is 36.4 Å². The number of benzene rings is 1. The van der Waals surface area contributed by atoms with E-state index in [-0.39, 0.29) is 30.9 Å². The first kappa shape index (κ1) is 22.8. The lowest BCUT2D eigenvalue weighted by Crippen LogP contribution is -2.49. The molecule has 1 aromatic carbocycles. The zero-order valence-corrected chi connectivity index (χ0v) is 18.3. The average molecular weight is 431 g/mol. The number of methoxy groups -OCH3 is 1. The van der Waals surface area contributed by atoms with Gasteiger partial charge in [0.2, 0.25) is 11.8 Å². The zero-order chi connectivity index (χ0) is 22.7. The van der Waals surface area contributed by atoms with E-state index in [9.17, 15) is 19.5 Å². The second-order valence-electron chi connectivity index (χ2n) is 8.06. The first-order valence-electron chi connectivity index (χ1n) is 10.6. The summed E-state index contributed by atoms with van der Waals surface area (Å²) in [6.07, 6.45) is 3.72. The quantitative estimate of drug-likeness (QED) is 0.505. The van der Waals surface area contributed by atoms with E-state index in [1.807, 2.05) is 19.1 Å². The molecular formula is C23H30N2O6. The first-order valence-corrected chi connectivity index (χ1v) is 10.6. The van der Waals surface area contributed by atoms with Crippen molar-refractivity contribution in [1.29, 1.82) is 0 Å². The molecule has 0 unspecified atom stereocenters. The molecule has 1 aliphatic heterocycles. The van der Waals surface area contributed by atoms with Gasteiger partial charge >= 0.3 is 5.97 Å². The van der Waals surface area contributed by atoms with Crippen molar-refractivity contribution in [1.82, 2.24) is 4.90 Å². The smallest absolute Gasteiger partial charge is 0.310 e. The van der Waals surface area contributed by atoms with Crippen molar-refractivity contribution in [3.05, 3.63) is 36.4 Å². The third kappa shape index (κ3) is 4.30. The molecule has 1 aliphatic carbocycles. The molecule has 0 bridgehead atoms. The van der Waals surface area contributed by atoms with Gasteiger partial charge in [0, 0.05) is 11.6 Å². The highest BCUT2D eigenvalue weighted by molar-refractivity contribution is 6.01. The molecule has 1 aromatic rings. The van der Waals surface area contributed by atoms with Gasteiger partial charge in [-0.2, -0.15) is 0 Å². The van der Waals surface area contributed by atoms with Crippen molar-refractivity contribution in [2.45, 2.75) is 32.9 Å². The monoisotopic (exact) mass is 430 g/mol. The van der Waals surface area contributed by atoms with E-state index >= 15 is 0 Å². The number of rotatable bonds is 7. The highest BCUT2D eigenvalue weighted by atomic mass is 16.5. The molecule has 2 aliphatic rings. The number of esters is 1. The number of nitrogens with zero attached hydrogens (tertiary/aromatic N) is 1. The van der Waals surface area contributed by atoms with Gasteiger partial charge in [0.05, 0.1) is 38.2 Å². The lowest BCUT2D eigenvalue weighted by atomic mass is 9.70. The molecule has 1 saturated heterocycles. The van der Waals surface area contributed by atoms with Crippen LogP contribution in [-0.4, -0.2) is 60.2 Å².